The van der Waals surface area contributed by atoms with E-state index < -0.39 is 0 Å². The lowest BCUT2D eigenvalue weighted by atomic mass is 10.1. The number of pyridine rings is 1. The van der Waals surface area contributed by atoms with Crippen molar-refractivity contribution in [2.75, 3.05) is 11.9 Å². The van der Waals surface area contributed by atoms with E-state index in [4.69, 9.17) is 0 Å². The van der Waals surface area contributed by atoms with Gasteiger partial charge >= 0.3 is 0 Å². The van der Waals surface area contributed by atoms with Crippen molar-refractivity contribution >= 4 is 17.6 Å². The number of aromatic nitrogens is 1. The number of hydrogen-bond donors (Lipinski definition) is 1. The average molecular weight is 295 g/mol. The van der Waals surface area contributed by atoms with Gasteiger partial charge in [0.2, 0.25) is 0 Å². The molecule has 2 amide bonds. The summed E-state index contributed by atoms with van der Waals surface area (Å²) in [6.07, 6.45) is 1.62. The maximum atomic E-state index is 12.5. The number of rotatable bonds is 4. The molecule has 5 heteroatoms. The van der Waals surface area contributed by atoms with Gasteiger partial charge in [-0.05, 0) is 37.3 Å². The molecule has 112 valence electrons. The van der Waals surface area contributed by atoms with Crippen molar-refractivity contribution in [1.29, 1.82) is 0 Å². The van der Waals surface area contributed by atoms with Gasteiger partial charge in [-0.25, -0.2) is 4.98 Å². The molecule has 0 fully saturated rings. The van der Waals surface area contributed by atoms with Crippen LogP contribution >= 0.6 is 0 Å². The predicted molar refractivity (Wildman–Crippen MR) is 85.7 cm³/mol. The molecule has 22 heavy (non-hydrogen) atoms. The second-order valence-corrected chi connectivity index (χ2v) is 4.87. The van der Waals surface area contributed by atoms with E-state index in [9.17, 15) is 9.59 Å². The van der Waals surface area contributed by atoms with Gasteiger partial charge in [-0.1, -0.05) is 18.7 Å². The lowest BCUT2D eigenvalue weighted by Crippen LogP contribution is -2.27. The van der Waals surface area contributed by atoms with Crippen molar-refractivity contribution in [3.05, 3.63) is 72.1 Å². The average Bonchev–Trinajstić information content (AvgIpc) is 2.54. The summed E-state index contributed by atoms with van der Waals surface area (Å²) in [6, 6.07) is 11.9. The highest BCUT2D eigenvalue weighted by atomic mass is 16.2. The zero-order chi connectivity index (χ0) is 16.1. The molecule has 0 atom stereocenters. The second kappa shape index (κ2) is 6.67. The van der Waals surface area contributed by atoms with Gasteiger partial charge in [-0.3, -0.25) is 14.5 Å². The minimum atomic E-state index is -0.289. The molecule has 1 N–H and O–H groups in total. The van der Waals surface area contributed by atoms with E-state index in [0.717, 1.165) is 0 Å². The van der Waals surface area contributed by atoms with Crippen LogP contribution in [0.3, 0.4) is 0 Å². The molecular weight excluding hydrogens is 278 g/mol. The Balaban J connectivity index is 2.24. The highest BCUT2D eigenvalue weighted by Crippen LogP contribution is 2.13. The monoisotopic (exact) mass is 295 g/mol. The van der Waals surface area contributed by atoms with Gasteiger partial charge < -0.3 is 5.32 Å². The first-order valence-corrected chi connectivity index (χ1v) is 6.75. The van der Waals surface area contributed by atoms with E-state index in [0.29, 0.717) is 22.6 Å². The van der Waals surface area contributed by atoms with Gasteiger partial charge in [-0.2, -0.15) is 0 Å². The van der Waals surface area contributed by atoms with Crippen molar-refractivity contribution in [3.63, 3.8) is 0 Å². The zero-order valence-corrected chi connectivity index (χ0v) is 12.5. The van der Waals surface area contributed by atoms with Crippen LogP contribution in [-0.4, -0.2) is 23.8 Å². The predicted octanol–water partition coefficient (Wildman–Crippen LogP) is 2.62. The van der Waals surface area contributed by atoms with Crippen molar-refractivity contribution in [2.45, 2.75) is 6.92 Å². The van der Waals surface area contributed by atoms with Gasteiger partial charge in [0.05, 0.1) is 0 Å². The topological polar surface area (TPSA) is 62.3 Å². The third-order valence-corrected chi connectivity index (χ3v) is 3.00. The molecule has 5 nitrogen and oxygen atoms in total. The summed E-state index contributed by atoms with van der Waals surface area (Å²) >= 11 is 0. The smallest absolute Gasteiger partial charge is 0.259 e. The zero-order valence-electron chi connectivity index (χ0n) is 12.5. The number of amides is 2. The van der Waals surface area contributed by atoms with Crippen LogP contribution < -0.4 is 10.2 Å². The summed E-state index contributed by atoms with van der Waals surface area (Å²) < 4.78 is 0. The maximum Gasteiger partial charge on any atom is 0.259 e. The second-order valence-electron chi connectivity index (χ2n) is 4.87. The Morgan fingerprint density at radius 3 is 2.50 bits per heavy atom. The van der Waals surface area contributed by atoms with Crippen molar-refractivity contribution in [2.24, 2.45) is 0 Å². The summed E-state index contributed by atoms with van der Waals surface area (Å²) in [5.74, 6) is 0.0237. The van der Waals surface area contributed by atoms with Gasteiger partial charge in [0.1, 0.15) is 5.82 Å². The Kier molecular flexibility index (Phi) is 4.68. The Morgan fingerprint density at radius 2 is 1.86 bits per heavy atom. The van der Waals surface area contributed by atoms with E-state index >= 15 is 0 Å². The molecule has 0 saturated heterocycles. The Hall–Kier alpha value is -2.95. The van der Waals surface area contributed by atoms with E-state index in [1.807, 2.05) is 6.07 Å². The molecule has 0 unspecified atom stereocenters. The largest absolute Gasteiger partial charge is 0.327 e. The minimum Gasteiger partial charge on any atom is -0.327 e. The molecule has 1 heterocycles. The number of nitrogens with zero attached hydrogens (tertiary/aromatic N) is 2. The first-order chi connectivity index (χ1) is 10.5. The molecule has 0 radical (unpaired) electrons. The van der Waals surface area contributed by atoms with Crippen molar-refractivity contribution in [1.82, 2.24) is 10.3 Å². The summed E-state index contributed by atoms with van der Waals surface area (Å²) in [6.45, 7) is 5.33. The highest BCUT2D eigenvalue weighted by molar-refractivity contribution is 6.07. The minimum absolute atomic E-state index is 0.233. The number of nitrogens with one attached hydrogen (secondary N) is 1. The normalized spacial score (nSPS) is 9.91. The van der Waals surface area contributed by atoms with Crippen LogP contribution in [0.5, 0.6) is 0 Å². The molecular formula is C17H17N3O2. The number of allylic oxidation sites excluding steroid dienone is 1. The SMILES string of the molecule is C=C(C)NC(=O)c1cccc(C(=O)N(C)c2ccccn2)c1. The summed E-state index contributed by atoms with van der Waals surface area (Å²) in [4.78, 5) is 30.0. The number of carbonyl (C=O) groups is 2. The molecule has 0 aliphatic carbocycles. The molecule has 0 aliphatic rings. The van der Waals surface area contributed by atoms with E-state index in [1.54, 1.807) is 56.6 Å². The van der Waals surface area contributed by atoms with Gasteiger partial charge in [0.15, 0.2) is 0 Å². The summed E-state index contributed by atoms with van der Waals surface area (Å²) in [5.41, 5.74) is 1.37. The lowest BCUT2D eigenvalue weighted by molar-refractivity contribution is 0.0966. The molecule has 0 aliphatic heterocycles. The highest BCUT2D eigenvalue weighted by Gasteiger charge is 2.16. The first-order valence-electron chi connectivity index (χ1n) is 6.75. The first kappa shape index (κ1) is 15.4. The van der Waals surface area contributed by atoms with E-state index in [-0.39, 0.29) is 11.8 Å². The van der Waals surface area contributed by atoms with Crippen LogP contribution in [0, 0.1) is 0 Å². The van der Waals surface area contributed by atoms with Crippen LogP contribution in [0.1, 0.15) is 27.6 Å². The van der Waals surface area contributed by atoms with Gasteiger partial charge in [-0.15, -0.1) is 0 Å². The van der Waals surface area contributed by atoms with Gasteiger partial charge in [0, 0.05) is 30.1 Å². The number of benzene rings is 1. The number of carbonyl (C=O) groups excluding carboxylic acids is 2. The number of anilines is 1. The molecule has 0 saturated carbocycles. The molecule has 1 aromatic carbocycles. The fourth-order valence-corrected chi connectivity index (χ4v) is 1.91. The van der Waals surface area contributed by atoms with Gasteiger partial charge in [0.25, 0.3) is 11.8 Å². The third kappa shape index (κ3) is 3.58. The van der Waals surface area contributed by atoms with Crippen LogP contribution in [0.2, 0.25) is 0 Å². The standard InChI is InChI=1S/C17H17N3O2/c1-12(2)19-16(21)13-7-6-8-14(11-13)17(22)20(3)15-9-4-5-10-18-15/h4-11H,1H2,2-3H3,(H,19,21). The van der Waals surface area contributed by atoms with E-state index in [2.05, 4.69) is 16.9 Å². The molecule has 0 spiro atoms. The Labute approximate surface area is 129 Å². The lowest BCUT2D eigenvalue weighted by Gasteiger charge is -2.16. The summed E-state index contributed by atoms with van der Waals surface area (Å²) in [5, 5.41) is 2.62. The molecule has 2 aromatic rings. The molecule has 0 bridgehead atoms. The van der Waals surface area contributed by atoms with E-state index in [1.165, 1.54) is 4.90 Å². The maximum absolute atomic E-state index is 12.5. The Bertz CT molecular complexity index is 711. The molecule has 1 aromatic heterocycles. The quantitative estimate of drug-likeness (QED) is 0.943. The van der Waals surface area contributed by atoms with Crippen molar-refractivity contribution < 1.29 is 9.59 Å². The van der Waals surface area contributed by atoms with Crippen LogP contribution in [0.15, 0.2) is 60.9 Å². The fourth-order valence-electron chi connectivity index (χ4n) is 1.91. The van der Waals surface area contributed by atoms with Crippen molar-refractivity contribution in [3.8, 4) is 0 Å². The van der Waals surface area contributed by atoms with Crippen LogP contribution in [0.25, 0.3) is 0 Å². The van der Waals surface area contributed by atoms with Crippen LogP contribution in [0.4, 0.5) is 5.82 Å². The Morgan fingerprint density at radius 1 is 1.14 bits per heavy atom. The third-order valence-electron chi connectivity index (χ3n) is 3.00. The van der Waals surface area contributed by atoms with Crippen LogP contribution in [-0.2, 0) is 0 Å². The summed E-state index contributed by atoms with van der Waals surface area (Å²) in [7, 11) is 1.64. The fraction of sp³-hybridized carbons (Fsp3) is 0.118. The molecule has 2 rings (SSSR count). The number of hydrogen-bond acceptors (Lipinski definition) is 3.